The molecule has 0 aromatic carbocycles. The van der Waals surface area contributed by atoms with Crippen LogP contribution in [0.15, 0.2) is 16.4 Å². The zero-order chi connectivity index (χ0) is 19.1. The van der Waals surface area contributed by atoms with E-state index in [1.807, 2.05) is 4.90 Å². The number of carbonyl (C=O) groups excluding carboxylic acids is 1. The van der Waals surface area contributed by atoms with Crippen LogP contribution < -0.4 is 5.32 Å². The van der Waals surface area contributed by atoms with Gasteiger partial charge in [-0.3, -0.25) is 4.79 Å². The van der Waals surface area contributed by atoms with Crippen molar-refractivity contribution in [3.05, 3.63) is 21.9 Å². The van der Waals surface area contributed by atoms with Crippen LogP contribution in [0, 0.1) is 5.92 Å². The van der Waals surface area contributed by atoms with Gasteiger partial charge in [0.15, 0.2) is 5.96 Å². The van der Waals surface area contributed by atoms with Crippen molar-refractivity contribution in [2.45, 2.75) is 39.2 Å². The van der Waals surface area contributed by atoms with Crippen molar-refractivity contribution in [3.63, 3.8) is 0 Å². The van der Waals surface area contributed by atoms with E-state index < -0.39 is 0 Å². The van der Waals surface area contributed by atoms with Crippen molar-refractivity contribution in [3.8, 4) is 0 Å². The minimum Gasteiger partial charge on any atom is -0.381 e. The number of hydrogen-bond acceptors (Lipinski definition) is 4. The molecule has 1 saturated heterocycles. The molecule has 0 radical (unpaired) electrons. The maximum atomic E-state index is 12.6. The fourth-order valence-corrected chi connectivity index (χ4v) is 4.58. The van der Waals surface area contributed by atoms with Crippen molar-refractivity contribution >= 4 is 23.2 Å². The number of rotatable bonds is 6. The minimum absolute atomic E-state index is 0.111. The number of hydrogen-bond donors (Lipinski definition) is 1. The number of carbonyl (C=O) groups is 1. The molecular formula is C20H32N4O2S. The normalized spacial score (nSPS) is 18.3. The first-order valence-electron chi connectivity index (χ1n) is 10.1. The van der Waals surface area contributed by atoms with Gasteiger partial charge >= 0.3 is 0 Å². The largest absolute Gasteiger partial charge is 0.381 e. The van der Waals surface area contributed by atoms with Gasteiger partial charge < -0.3 is 19.9 Å². The van der Waals surface area contributed by atoms with Crippen LogP contribution in [0.3, 0.4) is 0 Å². The summed E-state index contributed by atoms with van der Waals surface area (Å²) >= 11 is 1.79. The number of fused-ring (bicyclic) bond motifs is 1. The lowest BCUT2D eigenvalue weighted by atomic mass is 9.96. The van der Waals surface area contributed by atoms with Gasteiger partial charge in [0.05, 0.1) is 0 Å². The van der Waals surface area contributed by atoms with Gasteiger partial charge in [0, 0.05) is 51.3 Å². The highest BCUT2D eigenvalue weighted by molar-refractivity contribution is 7.10. The lowest BCUT2D eigenvalue weighted by Crippen LogP contribution is -2.42. The van der Waals surface area contributed by atoms with Crippen molar-refractivity contribution in [2.75, 3.05) is 46.4 Å². The van der Waals surface area contributed by atoms with Crippen LogP contribution in [0.1, 0.15) is 36.6 Å². The Morgan fingerprint density at radius 2 is 2.26 bits per heavy atom. The van der Waals surface area contributed by atoms with Crippen LogP contribution in [0.2, 0.25) is 0 Å². The third-order valence-electron chi connectivity index (χ3n) is 5.43. The molecule has 3 heterocycles. The van der Waals surface area contributed by atoms with Gasteiger partial charge in [0.2, 0.25) is 5.91 Å². The summed E-state index contributed by atoms with van der Waals surface area (Å²) in [5.41, 5.74) is 1.30. The molecule has 6 nitrogen and oxygen atoms in total. The molecule has 0 bridgehead atoms. The standard InChI is InChI=1S/C20H32N4O2S/c1-3-21-20(23(2)9-4-16-6-11-26-12-7-16)22-14-19(25)24-10-5-18-17(15-24)8-13-27-18/h8,13,16H,3-7,9-12,14-15H2,1-2H3,(H,21,22). The van der Waals surface area contributed by atoms with E-state index in [9.17, 15) is 4.79 Å². The third-order valence-corrected chi connectivity index (χ3v) is 6.46. The fraction of sp³-hybridized carbons (Fsp3) is 0.700. The summed E-state index contributed by atoms with van der Waals surface area (Å²) in [6.45, 7) is 7.33. The van der Waals surface area contributed by atoms with E-state index in [0.717, 1.165) is 77.0 Å². The number of thiophene rings is 1. The number of amides is 1. The monoisotopic (exact) mass is 392 g/mol. The predicted octanol–water partition coefficient (Wildman–Crippen LogP) is 2.35. The summed E-state index contributed by atoms with van der Waals surface area (Å²) in [7, 11) is 2.06. The summed E-state index contributed by atoms with van der Waals surface area (Å²) in [5, 5.41) is 5.44. The lowest BCUT2D eigenvalue weighted by Gasteiger charge is -2.28. The Morgan fingerprint density at radius 3 is 3.04 bits per heavy atom. The Hall–Kier alpha value is -1.60. The highest BCUT2D eigenvalue weighted by Crippen LogP contribution is 2.24. The van der Waals surface area contributed by atoms with E-state index in [-0.39, 0.29) is 12.5 Å². The molecule has 1 N–H and O–H groups in total. The molecule has 0 spiro atoms. The van der Waals surface area contributed by atoms with E-state index >= 15 is 0 Å². The van der Waals surface area contributed by atoms with Crippen LogP contribution in [0.25, 0.3) is 0 Å². The maximum absolute atomic E-state index is 12.6. The third kappa shape index (κ3) is 5.69. The summed E-state index contributed by atoms with van der Waals surface area (Å²) < 4.78 is 5.44. The highest BCUT2D eigenvalue weighted by Gasteiger charge is 2.21. The number of aliphatic imine (C=N–C) groups is 1. The van der Waals surface area contributed by atoms with Crippen molar-refractivity contribution in [2.24, 2.45) is 10.9 Å². The van der Waals surface area contributed by atoms with Crippen molar-refractivity contribution < 1.29 is 9.53 Å². The fourth-order valence-electron chi connectivity index (χ4n) is 3.69. The minimum atomic E-state index is 0.111. The summed E-state index contributed by atoms with van der Waals surface area (Å²) in [6, 6.07) is 2.14. The van der Waals surface area contributed by atoms with Gasteiger partial charge in [-0.2, -0.15) is 0 Å². The Labute approximate surface area is 166 Å². The molecule has 0 aliphatic carbocycles. The van der Waals surface area contributed by atoms with E-state index in [4.69, 9.17) is 4.74 Å². The summed E-state index contributed by atoms with van der Waals surface area (Å²) in [6.07, 6.45) is 4.41. The Bertz CT molecular complexity index is 640. The molecule has 0 unspecified atom stereocenters. The van der Waals surface area contributed by atoms with Gasteiger partial charge in [-0.05, 0) is 55.5 Å². The number of ether oxygens (including phenoxy) is 1. The topological polar surface area (TPSA) is 57.2 Å². The molecular weight excluding hydrogens is 360 g/mol. The average Bonchev–Trinajstić information content (AvgIpc) is 3.17. The molecule has 0 atom stereocenters. The van der Waals surface area contributed by atoms with Gasteiger partial charge in [-0.15, -0.1) is 11.3 Å². The molecule has 1 fully saturated rings. The van der Waals surface area contributed by atoms with E-state index in [0.29, 0.717) is 0 Å². The molecule has 2 aliphatic rings. The van der Waals surface area contributed by atoms with Gasteiger partial charge in [0.25, 0.3) is 0 Å². The first-order chi connectivity index (χ1) is 13.2. The molecule has 1 aromatic rings. The number of guanidine groups is 1. The lowest BCUT2D eigenvalue weighted by molar-refractivity contribution is -0.130. The predicted molar refractivity (Wildman–Crippen MR) is 110 cm³/mol. The smallest absolute Gasteiger partial charge is 0.244 e. The molecule has 3 rings (SSSR count). The first-order valence-corrected chi connectivity index (χ1v) is 11.0. The summed E-state index contributed by atoms with van der Waals surface area (Å²) in [5.74, 6) is 1.67. The van der Waals surface area contributed by atoms with Crippen LogP contribution in [0.4, 0.5) is 0 Å². The average molecular weight is 393 g/mol. The first kappa shape index (κ1) is 20.1. The van der Waals surface area contributed by atoms with Crippen LogP contribution in [0.5, 0.6) is 0 Å². The Kier molecular flexibility index (Phi) is 7.52. The number of nitrogens with zero attached hydrogens (tertiary/aromatic N) is 3. The van der Waals surface area contributed by atoms with E-state index in [2.05, 4.69) is 40.6 Å². The molecule has 1 amide bonds. The Balaban J connectivity index is 1.50. The highest BCUT2D eigenvalue weighted by atomic mass is 32.1. The Morgan fingerprint density at radius 1 is 1.44 bits per heavy atom. The second-order valence-corrected chi connectivity index (χ2v) is 8.37. The van der Waals surface area contributed by atoms with Crippen molar-refractivity contribution in [1.82, 2.24) is 15.1 Å². The number of nitrogens with one attached hydrogen (secondary N) is 1. The molecule has 7 heteroatoms. The quantitative estimate of drug-likeness (QED) is 0.596. The molecule has 150 valence electrons. The van der Waals surface area contributed by atoms with Crippen molar-refractivity contribution in [1.29, 1.82) is 0 Å². The molecule has 2 aliphatic heterocycles. The second-order valence-electron chi connectivity index (χ2n) is 7.37. The van der Waals surface area contributed by atoms with Gasteiger partial charge in [0.1, 0.15) is 6.54 Å². The second kappa shape index (κ2) is 10.1. The van der Waals surface area contributed by atoms with Crippen LogP contribution in [-0.2, 0) is 22.5 Å². The molecule has 27 heavy (non-hydrogen) atoms. The SMILES string of the molecule is CCNC(=NCC(=O)N1CCc2sccc2C1)N(C)CCC1CCOCC1. The summed E-state index contributed by atoms with van der Waals surface area (Å²) in [4.78, 5) is 22.7. The zero-order valence-electron chi connectivity index (χ0n) is 16.6. The van der Waals surface area contributed by atoms with E-state index in [1.165, 1.54) is 10.4 Å². The zero-order valence-corrected chi connectivity index (χ0v) is 17.4. The van der Waals surface area contributed by atoms with Gasteiger partial charge in [-0.1, -0.05) is 0 Å². The maximum Gasteiger partial charge on any atom is 0.244 e. The van der Waals surface area contributed by atoms with Gasteiger partial charge in [-0.25, -0.2) is 4.99 Å². The molecule has 0 saturated carbocycles. The van der Waals surface area contributed by atoms with E-state index in [1.54, 1.807) is 11.3 Å². The van der Waals surface area contributed by atoms with Crippen LogP contribution in [-0.4, -0.2) is 68.1 Å². The molecule has 1 aromatic heterocycles. The van der Waals surface area contributed by atoms with Crippen LogP contribution >= 0.6 is 11.3 Å².